The average molecular weight is 387 g/mol. The molecule has 0 aromatic carbocycles. The van der Waals surface area contributed by atoms with E-state index in [1.165, 1.54) is 0 Å². The van der Waals surface area contributed by atoms with Gasteiger partial charge in [-0.2, -0.15) is 0 Å². The van der Waals surface area contributed by atoms with E-state index in [2.05, 4.69) is 25.3 Å². The molecule has 0 atom stereocenters. The van der Waals surface area contributed by atoms with Crippen LogP contribution in [0.5, 0.6) is 0 Å². The Balaban J connectivity index is -0.000000282. The maximum absolute atomic E-state index is 10.6. The van der Waals surface area contributed by atoms with E-state index in [0.717, 1.165) is 0 Å². The van der Waals surface area contributed by atoms with Crippen molar-refractivity contribution in [3.05, 3.63) is 0 Å². The van der Waals surface area contributed by atoms with Crippen LogP contribution in [-0.2, 0) is 44.3 Å². The maximum Gasteiger partial charge on any atom is 2.00 e. The molecular weight excluding hydrogens is 367 g/mol. The summed E-state index contributed by atoms with van der Waals surface area (Å²) >= 11 is 8.94. The zero-order valence-electron chi connectivity index (χ0n) is 8.19. The maximum atomic E-state index is 10.6. The second-order valence-electron chi connectivity index (χ2n) is 2.44. The Labute approximate surface area is 132 Å². The van der Waals surface area contributed by atoms with Crippen molar-refractivity contribution in [2.45, 2.75) is 27.7 Å². The smallest absolute Gasteiger partial charge is 0.782 e. The average Bonchev–Trinajstić information content (AvgIpc) is 2.22. The van der Waals surface area contributed by atoms with Crippen molar-refractivity contribution in [3.8, 4) is 0 Å². The molecule has 0 aromatic rings. The van der Waals surface area contributed by atoms with Gasteiger partial charge in [0.15, 0.2) is 0 Å². The van der Waals surface area contributed by atoms with E-state index < -0.39 is 0 Å². The van der Waals surface area contributed by atoms with Crippen molar-refractivity contribution in [2.24, 2.45) is 0 Å². The van der Waals surface area contributed by atoms with Crippen LogP contribution >= 0.6 is 0 Å². The molecule has 0 amide bonds. The van der Waals surface area contributed by atoms with Gasteiger partial charge in [0, 0.05) is 0 Å². The van der Waals surface area contributed by atoms with Gasteiger partial charge in [0.05, 0.1) is 13.2 Å². The molecule has 0 aliphatic heterocycles. The number of unbranched alkanes of at least 4 members (excludes halogenated alkanes) is 1. The Morgan fingerprint density at radius 2 is 1.12 bits per heavy atom. The second kappa shape index (κ2) is 18.8. The van der Waals surface area contributed by atoms with Crippen LogP contribution in [0.2, 0.25) is 0 Å². The minimum atomic E-state index is -0.387. The summed E-state index contributed by atoms with van der Waals surface area (Å²) in [6.07, 6.45) is 1.32. The van der Waals surface area contributed by atoms with E-state index in [0.29, 0.717) is 26.1 Å². The number of esters is 2. The Bertz CT molecular complexity index is 171. The van der Waals surface area contributed by atoms with Crippen LogP contribution in [0, 0.1) is 0 Å². The zero-order valence-corrected chi connectivity index (χ0v) is 12.7. The van der Waals surface area contributed by atoms with E-state index in [1.54, 1.807) is 0 Å². The van der Waals surface area contributed by atoms with Gasteiger partial charge in [-0.25, -0.2) is 0 Å². The fourth-order valence-electron chi connectivity index (χ4n) is 0.659. The molecule has 4 nitrogen and oxygen atoms in total. The molecule has 0 spiro atoms. The molecule has 0 bridgehead atoms. The predicted octanol–water partition coefficient (Wildman–Crippen LogP) is 0.838. The summed E-state index contributed by atoms with van der Waals surface area (Å²) < 4.78 is 9.44. The number of hydrogen-bond acceptors (Lipinski definition) is 6. The van der Waals surface area contributed by atoms with E-state index in [1.807, 2.05) is 0 Å². The van der Waals surface area contributed by atoms with Gasteiger partial charge in [0.25, 0.3) is 11.9 Å². The third-order valence-electron chi connectivity index (χ3n) is 1.30. The summed E-state index contributed by atoms with van der Waals surface area (Å²) in [7, 11) is 0. The van der Waals surface area contributed by atoms with Crippen molar-refractivity contribution in [2.75, 3.05) is 24.7 Å². The van der Waals surface area contributed by atoms with Gasteiger partial charge in [-0.1, -0.05) is 26.4 Å². The first-order valence-electron chi connectivity index (χ1n) is 4.18. The van der Waals surface area contributed by atoms with Crippen LogP contribution in [0.25, 0.3) is 0 Å². The molecule has 2 radical (unpaired) electrons. The van der Waals surface area contributed by atoms with E-state index in [4.69, 9.17) is 9.47 Å². The second-order valence-corrected chi connectivity index (χ2v) is 3.01. The normalized spacial score (nSPS) is 7.88. The third kappa shape index (κ3) is 19.0. The largest absolute Gasteiger partial charge is 2.00 e. The fourth-order valence-corrected chi connectivity index (χ4v) is 0.826. The Morgan fingerprint density at radius 3 is 1.35 bits per heavy atom. The molecule has 0 fully saturated rings. The third-order valence-corrected chi connectivity index (χ3v) is 1.77. The van der Waals surface area contributed by atoms with Crippen molar-refractivity contribution in [1.29, 1.82) is 0 Å². The molecule has 0 saturated carbocycles. The van der Waals surface area contributed by atoms with Gasteiger partial charge in [0.2, 0.25) is 0 Å². The number of ether oxygens (including phenoxy) is 2. The van der Waals surface area contributed by atoms with Crippen molar-refractivity contribution >= 4 is 61.1 Å². The van der Waals surface area contributed by atoms with Gasteiger partial charge in [-0.3, -0.25) is 9.59 Å². The summed E-state index contributed by atoms with van der Waals surface area (Å²) in [5.74, 6) is -0.819. The molecule has 0 aliphatic carbocycles. The van der Waals surface area contributed by atoms with Gasteiger partial charge in [-0.05, 0) is 12.8 Å². The predicted molar refractivity (Wildman–Crippen MR) is 74.8 cm³/mol. The molecule has 100 valence electrons. The van der Waals surface area contributed by atoms with E-state index >= 15 is 0 Å². The first-order chi connectivity index (χ1) is 6.70. The first kappa shape index (κ1) is 26.1. The Hall–Kier alpha value is 0.439. The Morgan fingerprint density at radius 1 is 0.824 bits per heavy atom. The summed E-state index contributed by atoms with van der Waals surface area (Å²) in [5.41, 5.74) is 0. The van der Waals surface area contributed by atoms with Gasteiger partial charge in [0.1, 0.15) is 0 Å². The number of hydrogen-bond donors (Lipinski definition) is 0. The van der Waals surface area contributed by atoms with Gasteiger partial charge >= 0.3 is 23.9 Å². The molecule has 0 heterocycles. The van der Waals surface area contributed by atoms with E-state index in [9.17, 15) is 9.59 Å². The first-order valence-corrected chi connectivity index (χ1v) is 5.33. The minimum Gasteiger partial charge on any atom is -0.782 e. The van der Waals surface area contributed by atoms with Crippen LogP contribution < -0.4 is 0 Å². The standard InChI is InChI=1S/C8H14O4S2.2CH4.Sn/c9-7(5-13)11-3-1-2-4-12-8(10)6-14;;;/h13-14H,1-6H2;2*1H4;/q;;;+2/p-2. The Kier molecular flexibility index (Phi) is 28.8. The van der Waals surface area contributed by atoms with Crippen LogP contribution in [0.15, 0.2) is 0 Å². The number of carbonyl (C=O) groups excluding carboxylic acids is 2. The van der Waals surface area contributed by atoms with Crippen LogP contribution in [0.4, 0.5) is 0 Å². The fraction of sp³-hybridized carbons (Fsp3) is 0.800. The zero-order chi connectivity index (χ0) is 10.8. The van der Waals surface area contributed by atoms with Gasteiger partial charge in [-0.15, -0.1) is 0 Å². The molecule has 0 saturated heterocycles. The molecule has 17 heavy (non-hydrogen) atoms. The van der Waals surface area contributed by atoms with Gasteiger partial charge < -0.3 is 34.7 Å². The van der Waals surface area contributed by atoms with Crippen molar-refractivity contribution < 1.29 is 19.1 Å². The number of carbonyl (C=O) groups is 2. The van der Waals surface area contributed by atoms with Crippen molar-refractivity contribution in [3.63, 3.8) is 0 Å². The number of rotatable bonds is 7. The molecule has 0 aromatic heterocycles. The van der Waals surface area contributed by atoms with Crippen LogP contribution in [0.1, 0.15) is 27.7 Å². The molecule has 0 rings (SSSR count). The minimum absolute atomic E-state index is 0. The van der Waals surface area contributed by atoms with E-state index in [-0.39, 0.29) is 62.2 Å². The summed E-state index contributed by atoms with van der Waals surface area (Å²) in [6, 6.07) is 0. The van der Waals surface area contributed by atoms with Crippen molar-refractivity contribution in [1.82, 2.24) is 0 Å². The monoisotopic (exact) mass is 388 g/mol. The SMILES string of the molecule is C.C.O=C(C[S-])OCCCCOC(=O)C[S-].[Sn+2]. The molecule has 7 heteroatoms. The van der Waals surface area contributed by atoms with Crippen LogP contribution in [-0.4, -0.2) is 60.6 Å². The molecule has 0 N–H and O–H groups in total. The topological polar surface area (TPSA) is 52.6 Å². The molecular formula is C10H20O4S2Sn. The molecule has 0 aliphatic rings. The van der Waals surface area contributed by atoms with Crippen LogP contribution in [0.3, 0.4) is 0 Å². The summed E-state index contributed by atoms with van der Waals surface area (Å²) in [6.45, 7) is 0.641. The quantitative estimate of drug-likeness (QED) is 0.279. The molecule has 0 unspecified atom stereocenters. The summed E-state index contributed by atoms with van der Waals surface area (Å²) in [5, 5.41) is 0. The summed E-state index contributed by atoms with van der Waals surface area (Å²) in [4.78, 5) is 21.1.